The molecule has 116 valence electrons. The summed E-state index contributed by atoms with van der Waals surface area (Å²) in [6, 6.07) is 8.26. The van der Waals surface area contributed by atoms with Gasteiger partial charge >= 0.3 is 0 Å². The van der Waals surface area contributed by atoms with E-state index in [4.69, 9.17) is 16.3 Å². The molecule has 1 aliphatic heterocycles. The summed E-state index contributed by atoms with van der Waals surface area (Å²) in [5, 5.41) is 0. The van der Waals surface area contributed by atoms with Crippen molar-refractivity contribution in [3.05, 3.63) is 29.8 Å². The Morgan fingerprint density at radius 1 is 1.43 bits per heavy atom. The molecule has 0 radical (unpaired) electrons. The van der Waals surface area contributed by atoms with Crippen LogP contribution in [-0.4, -0.2) is 36.9 Å². The number of hydrogen-bond donors (Lipinski definition) is 0. The van der Waals surface area contributed by atoms with Gasteiger partial charge in [0.2, 0.25) is 5.91 Å². The third-order valence-electron chi connectivity index (χ3n) is 4.65. The first-order valence-electron chi connectivity index (χ1n) is 7.63. The Bertz CT molecular complexity index is 491. The van der Waals surface area contributed by atoms with E-state index in [-0.39, 0.29) is 17.2 Å². The van der Waals surface area contributed by atoms with E-state index in [1.165, 1.54) is 5.56 Å². The molecule has 1 saturated heterocycles. The van der Waals surface area contributed by atoms with Crippen molar-refractivity contribution in [2.24, 2.45) is 0 Å². The molecular formula is C17H24ClNO2. The van der Waals surface area contributed by atoms with Crippen molar-refractivity contribution < 1.29 is 9.53 Å². The second kappa shape index (κ2) is 7.17. The molecule has 1 atom stereocenters. The molecule has 3 nitrogen and oxygen atoms in total. The summed E-state index contributed by atoms with van der Waals surface area (Å²) in [5.41, 5.74) is 1.27. The summed E-state index contributed by atoms with van der Waals surface area (Å²) >= 11 is 5.76. The van der Waals surface area contributed by atoms with Gasteiger partial charge in [0.05, 0.1) is 7.11 Å². The maximum absolute atomic E-state index is 12.0. The van der Waals surface area contributed by atoms with Crippen LogP contribution in [0.5, 0.6) is 5.75 Å². The largest absolute Gasteiger partial charge is 0.497 e. The van der Waals surface area contributed by atoms with Crippen molar-refractivity contribution >= 4 is 17.5 Å². The number of carbonyl (C=O) groups excluding carboxylic acids is 1. The van der Waals surface area contributed by atoms with Crippen LogP contribution in [0.2, 0.25) is 0 Å². The molecule has 1 heterocycles. The molecule has 1 aliphatic rings. The van der Waals surface area contributed by atoms with Crippen LogP contribution in [0.3, 0.4) is 0 Å². The highest BCUT2D eigenvalue weighted by Gasteiger charge is 2.35. The van der Waals surface area contributed by atoms with E-state index in [0.717, 1.165) is 44.5 Å². The molecule has 0 spiro atoms. The average Bonchev–Trinajstić information content (AvgIpc) is 2.77. The van der Waals surface area contributed by atoms with E-state index in [0.29, 0.717) is 0 Å². The maximum Gasteiger partial charge on any atom is 0.237 e. The highest BCUT2D eigenvalue weighted by Crippen LogP contribution is 2.38. The van der Waals surface area contributed by atoms with Gasteiger partial charge in [-0.1, -0.05) is 25.5 Å². The first-order valence-corrected chi connectivity index (χ1v) is 8.17. The number of methoxy groups -OCH3 is 1. The van der Waals surface area contributed by atoms with Crippen molar-refractivity contribution in [1.82, 2.24) is 4.90 Å². The minimum absolute atomic E-state index is 0.00671. The Labute approximate surface area is 132 Å². The fourth-order valence-electron chi connectivity index (χ4n) is 3.27. The summed E-state index contributed by atoms with van der Waals surface area (Å²) in [6.45, 7) is 3.77. The minimum Gasteiger partial charge on any atom is -0.497 e. The summed E-state index contributed by atoms with van der Waals surface area (Å²) in [5.74, 6) is 0.983. The molecule has 0 aromatic heterocycles. The van der Waals surface area contributed by atoms with E-state index >= 15 is 0 Å². The Morgan fingerprint density at radius 2 is 2.24 bits per heavy atom. The van der Waals surface area contributed by atoms with E-state index in [9.17, 15) is 4.79 Å². The number of nitrogens with zero attached hydrogens (tertiary/aromatic N) is 1. The highest BCUT2D eigenvalue weighted by molar-refractivity contribution is 6.27. The lowest BCUT2D eigenvalue weighted by atomic mass is 9.74. The molecule has 2 rings (SSSR count). The number of carbonyl (C=O) groups is 1. The monoisotopic (exact) mass is 309 g/mol. The third-order valence-corrected chi connectivity index (χ3v) is 4.88. The number of amides is 1. The van der Waals surface area contributed by atoms with Gasteiger partial charge in [-0.15, -0.1) is 11.6 Å². The van der Waals surface area contributed by atoms with Gasteiger partial charge in [0.25, 0.3) is 0 Å². The molecule has 1 unspecified atom stereocenters. The predicted molar refractivity (Wildman–Crippen MR) is 86.1 cm³/mol. The van der Waals surface area contributed by atoms with Crippen molar-refractivity contribution in [3.63, 3.8) is 0 Å². The average molecular weight is 310 g/mol. The Morgan fingerprint density at radius 3 is 2.90 bits per heavy atom. The second-order valence-corrected chi connectivity index (χ2v) is 6.04. The van der Waals surface area contributed by atoms with Crippen molar-refractivity contribution in [2.45, 2.75) is 38.0 Å². The third kappa shape index (κ3) is 3.52. The first-order chi connectivity index (χ1) is 10.1. The summed E-state index contributed by atoms with van der Waals surface area (Å²) in [7, 11) is 1.69. The lowest BCUT2D eigenvalue weighted by Crippen LogP contribution is -2.42. The number of halogens is 1. The van der Waals surface area contributed by atoms with Gasteiger partial charge in [0, 0.05) is 18.5 Å². The Balaban J connectivity index is 2.35. The van der Waals surface area contributed by atoms with Crippen LogP contribution < -0.4 is 4.74 Å². The highest BCUT2D eigenvalue weighted by atomic mass is 35.5. The zero-order chi connectivity index (χ0) is 15.3. The normalized spacial score (nSPS) is 22.7. The maximum atomic E-state index is 12.0. The van der Waals surface area contributed by atoms with Gasteiger partial charge in [0.1, 0.15) is 11.6 Å². The Hall–Kier alpha value is -1.22. The second-order valence-electron chi connectivity index (χ2n) is 5.77. The molecule has 1 amide bonds. The van der Waals surface area contributed by atoms with Gasteiger partial charge in [-0.3, -0.25) is 4.79 Å². The fourth-order valence-corrected chi connectivity index (χ4v) is 3.44. The lowest BCUT2D eigenvalue weighted by molar-refractivity contribution is -0.129. The topological polar surface area (TPSA) is 29.5 Å². The summed E-state index contributed by atoms with van der Waals surface area (Å²) in [4.78, 5) is 14.0. The van der Waals surface area contributed by atoms with Crippen molar-refractivity contribution in [3.8, 4) is 5.75 Å². The standard InChI is InChI=1S/C17H24ClNO2/c1-3-17(14-7-6-8-15(11-14)21-2)9-4-5-10-19(13-17)16(20)12-18/h6-8,11H,3-5,9-10,12-13H2,1-2H3. The van der Waals surface area contributed by atoms with Crippen LogP contribution in [0.4, 0.5) is 0 Å². The van der Waals surface area contributed by atoms with Crippen molar-refractivity contribution in [1.29, 1.82) is 0 Å². The molecule has 1 fully saturated rings. The molecule has 0 aliphatic carbocycles. The predicted octanol–water partition coefficient (Wildman–Crippen LogP) is 3.59. The van der Waals surface area contributed by atoms with Gasteiger partial charge in [-0.05, 0) is 37.0 Å². The number of hydrogen-bond acceptors (Lipinski definition) is 2. The molecule has 0 N–H and O–H groups in total. The lowest BCUT2D eigenvalue weighted by Gasteiger charge is -2.36. The van der Waals surface area contributed by atoms with Gasteiger partial charge < -0.3 is 9.64 Å². The Kier molecular flexibility index (Phi) is 5.51. The SMILES string of the molecule is CCC1(c2cccc(OC)c2)CCCCN(C(=O)CCl)C1. The first kappa shape index (κ1) is 16.2. The minimum atomic E-state index is 0.00671. The summed E-state index contributed by atoms with van der Waals surface area (Å²) in [6.07, 6.45) is 4.29. The van der Waals surface area contributed by atoms with Crippen LogP contribution in [0.15, 0.2) is 24.3 Å². The molecule has 1 aromatic carbocycles. The van der Waals surface area contributed by atoms with E-state index in [1.54, 1.807) is 7.11 Å². The van der Waals surface area contributed by atoms with E-state index in [2.05, 4.69) is 19.1 Å². The van der Waals surface area contributed by atoms with Crippen molar-refractivity contribution in [2.75, 3.05) is 26.1 Å². The van der Waals surface area contributed by atoms with Crippen LogP contribution in [-0.2, 0) is 10.2 Å². The quantitative estimate of drug-likeness (QED) is 0.795. The van der Waals surface area contributed by atoms with Gasteiger partial charge in [-0.2, -0.15) is 0 Å². The molecule has 0 bridgehead atoms. The number of alkyl halides is 1. The zero-order valence-corrected chi connectivity index (χ0v) is 13.7. The van der Waals surface area contributed by atoms with Crippen LogP contribution in [0, 0.1) is 0 Å². The number of rotatable bonds is 4. The van der Waals surface area contributed by atoms with Crippen LogP contribution in [0.25, 0.3) is 0 Å². The number of benzene rings is 1. The van der Waals surface area contributed by atoms with Crippen LogP contribution in [0.1, 0.15) is 38.2 Å². The van der Waals surface area contributed by atoms with Gasteiger partial charge in [0.15, 0.2) is 0 Å². The van der Waals surface area contributed by atoms with E-state index < -0.39 is 0 Å². The summed E-state index contributed by atoms with van der Waals surface area (Å²) < 4.78 is 5.36. The molecule has 4 heteroatoms. The number of likely N-dealkylation sites (tertiary alicyclic amines) is 1. The smallest absolute Gasteiger partial charge is 0.237 e. The fraction of sp³-hybridized carbons (Fsp3) is 0.588. The molecule has 1 aromatic rings. The molecule has 0 saturated carbocycles. The number of ether oxygens (including phenoxy) is 1. The van der Waals surface area contributed by atoms with Gasteiger partial charge in [-0.25, -0.2) is 0 Å². The zero-order valence-electron chi connectivity index (χ0n) is 12.9. The molecular weight excluding hydrogens is 286 g/mol. The van der Waals surface area contributed by atoms with Crippen LogP contribution >= 0.6 is 11.6 Å². The van der Waals surface area contributed by atoms with E-state index in [1.807, 2.05) is 17.0 Å². The molecule has 21 heavy (non-hydrogen) atoms.